The van der Waals surface area contributed by atoms with Gasteiger partial charge in [0.1, 0.15) is 0 Å². The molecular formula is C15H21NO. The highest BCUT2D eigenvalue weighted by Gasteiger charge is 2.21. The van der Waals surface area contributed by atoms with Gasteiger partial charge in [0.05, 0.1) is 0 Å². The van der Waals surface area contributed by atoms with Crippen molar-refractivity contribution < 1.29 is 4.79 Å². The number of amides is 1. The van der Waals surface area contributed by atoms with Crippen molar-refractivity contribution in [1.29, 1.82) is 0 Å². The zero-order valence-corrected chi connectivity index (χ0v) is 10.8. The standard InChI is InChI=1S/C15H21NO/c1-11-6-7-12(2)14(9-11)10-13-5-3-4-8-16-15(13)17/h6-7,9,13H,3-5,8,10H2,1-2H3,(H,16,17). The smallest absolute Gasteiger partial charge is 0.223 e. The Labute approximate surface area is 103 Å². The van der Waals surface area contributed by atoms with Gasteiger partial charge in [0.25, 0.3) is 0 Å². The molecule has 0 aromatic heterocycles. The van der Waals surface area contributed by atoms with Gasteiger partial charge in [-0.25, -0.2) is 0 Å². The lowest BCUT2D eigenvalue weighted by Crippen LogP contribution is -2.30. The van der Waals surface area contributed by atoms with Crippen molar-refractivity contribution in [3.63, 3.8) is 0 Å². The van der Waals surface area contributed by atoms with Gasteiger partial charge in [-0.15, -0.1) is 0 Å². The van der Waals surface area contributed by atoms with E-state index in [4.69, 9.17) is 0 Å². The predicted octanol–water partition coefficient (Wildman–Crippen LogP) is 2.76. The summed E-state index contributed by atoms with van der Waals surface area (Å²) in [4.78, 5) is 11.9. The normalized spacial score (nSPS) is 20.8. The summed E-state index contributed by atoms with van der Waals surface area (Å²) in [5.41, 5.74) is 3.90. The van der Waals surface area contributed by atoms with E-state index in [2.05, 4.69) is 37.4 Å². The predicted molar refractivity (Wildman–Crippen MR) is 70.0 cm³/mol. The quantitative estimate of drug-likeness (QED) is 0.833. The molecule has 1 aliphatic rings. The molecule has 17 heavy (non-hydrogen) atoms. The molecule has 1 atom stereocenters. The lowest BCUT2D eigenvalue weighted by Gasteiger charge is -2.15. The first-order valence-corrected chi connectivity index (χ1v) is 6.50. The molecule has 1 unspecified atom stereocenters. The van der Waals surface area contributed by atoms with E-state index in [1.54, 1.807) is 0 Å². The molecule has 1 aliphatic heterocycles. The molecule has 1 heterocycles. The third kappa shape index (κ3) is 3.09. The lowest BCUT2D eigenvalue weighted by molar-refractivity contribution is -0.124. The number of hydrogen-bond acceptors (Lipinski definition) is 1. The van der Waals surface area contributed by atoms with Crippen LogP contribution in [0.5, 0.6) is 0 Å². The van der Waals surface area contributed by atoms with Gasteiger partial charge >= 0.3 is 0 Å². The van der Waals surface area contributed by atoms with Crippen LogP contribution in [0.4, 0.5) is 0 Å². The van der Waals surface area contributed by atoms with Gasteiger partial charge in [-0.05, 0) is 44.2 Å². The summed E-state index contributed by atoms with van der Waals surface area (Å²) >= 11 is 0. The van der Waals surface area contributed by atoms with Gasteiger partial charge in [0, 0.05) is 12.5 Å². The maximum atomic E-state index is 11.9. The topological polar surface area (TPSA) is 29.1 Å². The highest BCUT2D eigenvalue weighted by atomic mass is 16.1. The summed E-state index contributed by atoms with van der Waals surface area (Å²) < 4.78 is 0. The Bertz CT molecular complexity index is 411. The van der Waals surface area contributed by atoms with Crippen LogP contribution in [-0.2, 0) is 11.2 Å². The third-order valence-corrected chi connectivity index (χ3v) is 3.62. The molecule has 0 bridgehead atoms. The van der Waals surface area contributed by atoms with Crippen molar-refractivity contribution in [2.45, 2.75) is 39.5 Å². The van der Waals surface area contributed by atoms with Crippen LogP contribution in [0.15, 0.2) is 18.2 Å². The monoisotopic (exact) mass is 231 g/mol. The van der Waals surface area contributed by atoms with E-state index in [1.807, 2.05) is 0 Å². The zero-order valence-electron chi connectivity index (χ0n) is 10.8. The van der Waals surface area contributed by atoms with Crippen LogP contribution in [0.2, 0.25) is 0 Å². The summed E-state index contributed by atoms with van der Waals surface area (Å²) in [6, 6.07) is 6.50. The molecule has 1 amide bonds. The van der Waals surface area contributed by atoms with E-state index < -0.39 is 0 Å². The first-order chi connectivity index (χ1) is 8.16. The average Bonchev–Trinajstić information content (AvgIpc) is 2.50. The molecule has 92 valence electrons. The Morgan fingerprint density at radius 2 is 2.12 bits per heavy atom. The van der Waals surface area contributed by atoms with Crippen molar-refractivity contribution in [3.05, 3.63) is 34.9 Å². The van der Waals surface area contributed by atoms with Crippen LogP contribution in [0.25, 0.3) is 0 Å². The van der Waals surface area contributed by atoms with E-state index in [0.717, 1.165) is 32.2 Å². The second kappa shape index (κ2) is 5.35. The first-order valence-electron chi connectivity index (χ1n) is 6.50. The van der Waals surface area contributed by atoms with Crippen LogP contribution in [0.1, 0.15) is 36.0 Å². The molecule has 0 aliphatic carbocycles. The molecule has 2 nitrogen and oxygen atoms in total. The molecule has 1 saturated heterocycles. The van der Waals surface area contributed by atoms with Crippen molar-refractivity contribution in [1.82, 2.24) is 5.32 Å². The molecule has 0 spiro atoms. The van der Waals surface area contributed by atoms with Crippen LogP contribution < -0.4 is 5.32 Å². The fraction of sp³-hybridized carbons (Fsp3) is 0.533. The Morgan fingerprint density at radius 3 is 2.94 bits per heavy atom. The van der Waals surface area contributed by atoms with E-state index in [1.165, 1.54) is 16.7 Å². The summed E-state index contributed by atoms with van der Waals surface area (Å²) in [5, 5.41) is 3.01. The number of rotatable bonds is 2. The molecule has 1 N–H and O–H groups in total. The van der Waals surface area contributed by atoms with Crippen molar-refractivity contribution in [3.8, 4) is 0 Å². The highest BCUT2D eigenvalue weighted by molar-refractivity contribution is 5.79. The minimum atomic E-state index is 0.165. The van der Waals surface area contributed by atoms with Crippen LogP contribution in [0, 0.1) is 19.8 Å². The number of benzene rings is 1. The molecule has 0 saturated carbocycles. The first kappa shape index (κ1) is 12.2. The number of aryl methyl sites for hydroxylation is 2. The highest BCUT2D eigenvalue weighted by Crippen LogP contribution is 2.21. The lowest BCUT2D eigenvalue weighted by atomic mass is 9.91. The Morgan fingerprint density at radius 1 is 1.29 bits per heavy atom. The van der Waals surface area contributed by atoms with Crippen molar-refractivity contribution in [2.75, 3.05) is 6.54 Å². The molecule has 0 radical (unpaired) electrons. The van der Waals surface area contributed by atoms with Gasteiger partial charge in [0.15, 0.2) is 0 Å². The largest absolute Gasteiger partial charge is 0.356 e. The van der Waals surface area contributed by atoms with E-state index in [0.29, 0.717) is 0 Å². The minimum absolute atomic E-state index is 0.165. The fourth-order valence-electron chi connectivity index (χ4n) is 2.48. The molecular weight excluding hydrogens is 210 g/mol. The molecule has 1 fully saturated rings. The van der Waals surface area contributed by atoms with Gasteiger partial charge in [-0.2, -0.15) is 0 Å². The van der Waals surface area contributed by atoms with E-state index in [-0.39, 0.29) is 11.8 Å². The maximum absolute atomic E-state index is 11.9. The Kier molecular flexibility index (Phi) is 3.82. The van der Waals surface area contributed by atoms with Gasteiger partial charge in [-0.1, -0.05) is 30.2 Å². The number of carbonyl (C=O) groups is 1. The molecule has 1 aromatic rings. The van der Waals surface area contributed by atoms with Gasteiger partial charge in [-0.3, -0.25) is 4.79 Å². The number of hydrogen-bond donors (Lipinski definition) is 1. The maximum Gasteiger partial charge on any atom is 0.223 e. The van der Waals surface area contributed by atoms with Crippen molar-refractivity contribution >= 4 is 5.91 Å². The summed E-state index contributed by atoms with van der Waals surface area (Å²) in [6.07, 6.45) is 4.20. The Hall–Kier alpha value is -1.31. The molecule has 1 aromatic carbocycles. The number of nitrogens with one attached hydrogen (secondary N) is 1. The van der Waals surface area contributed by atoms with E-state index in [9.17, 15) is 4.79 Å². The SMILES string of the molecule is Cc1ccc(C)c(CC2CCCCNC2=O)c1. The zero-order chi connectivity index (χ0) is 12.3. The summed E-state index contributed by atoms with van der Waals surface area (Å²) in [5.74, 6) is 0.404. The van der Waals surface area contributed by atoms with Crippen molar-refractivity contribution in [2.24, 2.45) is 5.92 Å². The van der Waals surface area contributed by atoms with Gasteiger partial charge in [0.2, 0.25) is 5.91 Å². The van der Waals surface area contributed by atoms with Crippen LogP contribution in [0.3, 0.4) is 0 Å². The summed E-state index contributed by atoms with van der Waals surface area (Å²) in [7, 11) is 0. The number of carbonyl (C=O) groups excluding carboxylic acids is 1. The molecule has 2 heteroatoms. The van der Waals surface area contributed by atoms with Crippen LogP contribution >= 0.6 is 0 Å². The van der Waals surface area contributed by atoms with E-state index >= 15 is 0 Å². The minimum Gasteiger partial charge on any atom is -0.356 e. The average molecular weight is 231 g/mol. The Balaban J connectivity index is 2.13. The second-order valence-electron chi connectivity index (χ2n) is 5.12. The third-order valence-electron chi connectivity index (χ3n) is 3.62. The van der Waals surface area contributed by atoms with Gasteiger partial charge < -0.3 is 5.32 Å². The second-order valence-corrected chi connectivity index (χ2v) is 5.12. The van der Waals surface area contributed by atoms with Crippen LogP contribution in [-0.4, -0.2) is 12.5 Å². The molecule has 2 rings (SSSR count). The fourth-order valence-corrected chi connectivity index (χ4v) is 2.48. The summed E-state index contributed by atoms with van der Waals surface area (Å²) in [6.45, 7) is 5.08.